The Labute approximate surface area is 362 Å². The fraction of sp³-hybridized carbons (Fsp3) is 0. The zero-order valence-electron chi connectivity index (χ0n) is 34.0. The summed E-state index contributed by atoms with van der Waals surface area (Å²) >= 11 is 0. The third kappa shape index (κ3) is 6.94. The van der Waals surface area contributed by atoms with Crippen LogP contribution in [0.5, 0.6) is 0 Å². The standard InChI is InChI=1S/C60H41NO/c1-3-15-46(16-4-1)55-24-9-11-27-57(55)61(52-39-35-47(36-40-52)54-26-14-20-45-17-7-8-23-53(45)54)51-37-33-43(34-38-51)42-29-31-44(32-30-42)49-21-13-22-50(41-49)60-59(48-18-5-2-6-19-48)56-25-10-12-28-58(56)62-60/h1-41H. The molecule has 11 rings (SSSR count). The number of benzene rings is 10. The van der Waals surface area contributed by atoms with E-state index in [2.05, 4.69) is 241 Å². The molecule has 2 heteroatoms. The van der Waals surface area contributed by atoms with E-state index in [9.17, 15) is 0 Å². The van der Waals surface area contributed by atoms with Crippen LogP contribution in [0.15, 0.2) is 253 Å². The van der Waals surface area contributed by atoms with Crippen molar-refractivity contribution in [1.29, 1.82) is 0 Å². The summed E-state index contributed by atoms with van der Waals surface area (Å²) in [6, 6.07) is 88.8. The lowest BCUT2D eigenvalue weighted by Gasteiger charge is -2.28. The first-order valence-electron chi connectivity index (χ1n) is 21.2. The molecule has 0 aliphatic carbocycles. The maximum absolute atomic E-state index is 6.55. The van der Waals surface area contributed by atoms with Crippen LogP contribution in [-0.4, -0.2) is 0 Å². The highest BCUT2D eigenvalue weighted by Crippen LogP contribution is 2.44. The van der Waals surface area contributed by atoms with Crippen LogP contribution in [0.4, 0.5) is 17.1 Å². The van der Waals surface area contributed by atoms with Crippen molar-refractivity contribution in [3.05, 3.63) is 249 Å². The summed E-state index contributed by atoms with van der Waals surface area (Å²) in [7, 11) is 0. The molecule has 2 nitrogen and oxygen atoms in total. The van der Waals surface area contributed by atoms with Crippen LogP contribution in [-0.2, 0) is 0 Å². The van der Waals surface area contributed by atoms with Gasteiger partial charge in [-0.1, -0.05) is 206 Å². The molecular formula is C60H41NO. The maximum Gasteiger partial charge on any atom is 0.143 e. The minimum atomic E-state index is 0.886. The van der Waals surface area contributed by atoms with E-state index in [1.807, 2.05) is 12.1 Å². The summed E-state index contributed by atoms with van der Waals surface area (Å²) in [5.74, 6) is 0.886. The molecule has 0 aliphatic heterocycles. The second-order valence-electron chi connectivity index (χ2n) is 15.7. The molecule has 0 amide bonds. The highest BCUT2D eigenvalue weighted by atomic mass is 16.3. The van der Waals surface area contributed by atoms with Crippen LogP contribution in [0, 0.1) is 0 Å². The number of furan rings is 1. The summed E-state index contributed by atoms with van der Waals surface area (Å²) in [6.07, 6.45) is 0. The van der Waals surface area contributed by atoms with Crippen molar-refractivity contribution < 1.29 is 4.42 Å². The molecule has 62 heavy (non-hydrogen) atoms. The molecule has 0 spiro atoms. The summed E-state index contributed by atoms with van der Waals surface area (Å²) in [5.41, 5.74) is 16.9. The molecule has 0 bridgehead atoms. The molecule has 0 atom stereocenters. The van der Waals surface area contributed by atoms with Gasteiger partial charge in [0.05, 0.1) is 5.69 Å². The first-order valence-corrected chi connectivity index (χ1v) is 21.2. The first kappa shape index (κ1) is 36.8. The van der Waals surface area contributed by atoms with Crippen molar-refractivity contribution in [3.63, 3.8) is 0 Å². The molecule has 1 heterocycles. The monoisotopic (exact) mass is 791 g/mol. The highest BCUT2D eigenvalue weighted by Gasteiger charge is 2.20. The molecule has 0 saturated carbocycles. The molecule has 0 fully saturated rings. The quantitative estimate of drug-likeness (QED) is 0.145. The summed E-state index contributed by atoms with van der Waals surface area (Å²) in [5, 5.41) is 3.62. The van der Waals surface area contributed by atoms with Crippen LogP contribution in [0.1, 0.15) is 0 Å². The van der Waals surface area contributed by atoms with Crippen LogP contribution < -0.4 is 4.90 Å². The largest absolute Gasteiger partial charge is 0.455 e. The fourth-order valence-electron chi connectivity index (χ4n) is 8.86. The van der Waals surface area contributed by atoms with Crippen molar-refractivity contribution >= 4 is 38.8 Å². The number of hydrogen-bond donors (Lipinski definition) is 0. The Bertz CT molecular complexity index is 3310. The van der Waals surface area contributed by atoms with E-state index in [-0.39, 0.29) is 0 Å². The SMILES string of the molecule is c1ccc(-c2ccccc2N(c2ccc(-c3ccc(-c4cccc(-c5oc6ccccc6c5-c5ccccc5)c4)cc3)cc2)c2ccc(-c3cccc4ccccc34)cc2)cc1. The molecule has 0 aliphatic rings. The predicted molar refractivity (Wildman–Crippen MR) is 261 cm³/mol. The van der Waals surface area contributed by atoms with Gasteiger partial charge in [-0.05, 0) is 97.7 Å². The lowest BCUT2D eigenvalue weighted by molar-refractivity contribution is 0.632. The van der Waals surface area contributed by atoms with Crippen molar-refractivity contribution in [1.82, 2.24) is 0 Å². The van der Waals surface area contributed by atoms with Gasteiger partial charge >= 0.3 is 0 Å². The van der Waals surface area contributed by atoms with E-state index in [0.717, 1.165) is 72.7 Å². The third-order valence-corrected chi connectivity index (χ3v) is 11.9. The molecule has 10 aromatic carbocycles. The number of anilines is 3. The Hall–Kier alpha value is -8.20. The van der Waals surface area contributed by atoms with Crippen molar-refractivity contribution in [2.45, 2.75) is 0 Å². The van der Waals surface area contributed by atoms with Crippen LogP contribution >= 0.6 is 0 Å². The zero-order valence-corrected chi connectivity index (χ0v) is 34.0. The van der Waals surface area contributed by atoms with Gasteiger partial charge in [-0.3, -0.25) is 0 Å². The Kier molecular flexibility index (Phi) is 9.57. The Morgan fingerprint density at radius 3 is 1.48 bits per heavy atom. The molecule has 0 radical (unpaired) electrons. The zero-order chi connectivity index (χ0) is 41.2. The topological polar surface area (TPSA) is 16.4 Å². The fourth-order valence-corrected chi connectivity index (χ4v) is 8.86. The van der Waals surface area contributed by atoms with Gasteiger partial charge in [-0.25, -0.2) is 0 Å². The lowest BCUT2D eigenvalue weighted by Crippen LogP contribution is -2.11. The van der Waals surface area contributed by atoms with Gasteiger partial charge in [0.15, 0.2) is 0 Å². The van der Waals surface area contributed by atoms with E-state index in [0.29, 0.717) is 0 Å². The first-order chi connectivity index (χ1) is 30.7. The molecule has 292 valence electrons. The Morgan fingerprint density at radius 1 is 0.290 bits per heavy atom. The minimum Gasteiger partial charge on any atom is -0.455 e. The van der Waals surface area contributed by atoms with E-state index < -0.39 is 0 Å². The van der Waals surface area contributed by atoms with Crippen LogP contribution in [0.3, 0.4) is 0 Å². The predicted octanol–water partition coefficient (Wildman–Crippen LogP) is 17.1. The Morgan fingerprint density at radius 2 is 0.758 bits per heavy atom. The van der Waals surface area contributed by atoms with Crippen molar-refractivity contribution in [2.24, 2.45) is 0 Å². The normalized spacial score (nSPS) is 11.2. The van der Waals surface area contributed by atoms with Gasteiger partial charge in [0.1, 0.15) is 11.3 Å². The number of rotatable bonds is 9. The number of hydrogen-bond acceptors (Lipinski definition) is 2. The van der Waals surface area contributed by atoms with E-state index in [4.69, 9.17) is 4.42 Å². The number of nitrogens with zero attached hydrogens (tertiary/aromatic N) is 1. The van der Waals surface area contributed by atoms with Crippen molar-refractivity contribution in [2.75, 3.05) is 4.90 Å². The van der Waals surface area contributed by atoms with Gasteiger partial charge in [0.25, 0.3) is 0 Å². The Balaban J connectivity index is 0.922. The average Bonchev–Trinajstić information content (AvgIpc) is 3.75. The van der Waals surface area contributed by atoms with Crippen molar-refractivity contribution in [3.8, 4) is 67.0 Å². The van der Waals surface area contributed by atoms with E-state index >= 15 is 0 Å². The van der Waals surface area contributed by atoms with E-state index in [1.165, 1.54) is 33.0 Å². The van der Waals surface area contributed by atoms with Crippen LogP contribution in [0.25, 0.3) is 88.7 Å². The summed E-state index contributed by atoms with van der Waals surface area (Å²) in [6.45, 7) is 0. The van der Waals surface area contributed by atoms with Gasteiger partial charge in [-0.2, -0.15) is 0 Å². The lowest BCUT2D eigenvalue weighted by atomic mass is 9.95. The molecule has 11 aromatic rings. The van der Waals surface area contributed by atoms with Crippen LogP contribution in [0.2, 0.25) is 0 Å². The maximum atomic E-state index is 6.55. The van der Waals surface area contributed by atoms with Gasteiger partial charge in [0.2, 0.25) is 0 Å². The second-order valence-corrected chi connectivity index (χ2v) is 15.7. The third-order valence-electron chi connectivity index (χ3n) is 11.9. The molecular weight excluding hydrogens is 751 g/mol. The molecule has 1 aromatic heterocycles. The van der Waals surface area contributed by atoms with Gasteiger partial charge < -0.3 is 9.32 Å². The summed E-state index contributed by atoms with van der Waals surface area (Å²) in [4.78, 5) is 2.38. The highest BCUT2D eigenvalue weighted by molar-refractivity contribution is 6.02. The van der Waals surface area contributed by atoms with E-state index in [1.54, 1.807) is 0 Å². The minimum absolute atomic E-state index is 0.886. The van der Waals surface area contributed by atoms with Gasteiger partial charge in [-0.15, -0.1) is 0 Å². The number of fused-ring (bicyclic) bond motifs is 2. The average molecular weight is 792 g/mol. The summed E-state index contributed by atoms with van der Waals surface area (Å²) < 4.78 is 6.55. The molecule has 0 unspecified atom stereocenters. The smallest absolute Gasteiger partial charge is 0.143 e. The molecule has 0 N–H and O–H groups in total. The number of para-hydroxylation sites is 2. The molecule has 0 saturated heterocycles. The van der Waals surface area contributed by atoms with Gasteiger partial charge in [0, 0.05) is 33.5 Å². The second kappa shape index (κ2) is 16.1.